The van der Waals surface area contributed by atoms with Crippen molar-refractivity contribution >= 4 is 5.69 Å². The first kappa shape index (κ1) is 15.7. The van der Waals surface area contributed by atoms with Gasteiger partial charge in [-0.05, 0) is 37.6 Å². The van der Waals surface area contributed by atoms with E-state index in [4.69, 9.17) is 9.15 Å². The molecule has 0 fully saturated rings. The molecule has 1 aromatic heterocycles. The van der Waals surface area contributed by atoms with Crippen LogP contribution in [0.2, 0.25) is 0 Å². The highest BCUT2D eigenvalue weighted by molar-refractivity contribution is 5.55. The average molecular weight is 325 g/mol. The van der Waals surface area contributed by atoms with Crippen LogP contribution in [0.1, 0.15) is 17.0 Å². The van der Waals surface area contributed by atoms with Crippen LogP contribution in [0.25, 0.3) is 11.5 Å². The molecule has 0 N–H and O–H groups in total. The van der Waals surface area contributed by atoms with Crippen molar-refractivity contribution in [2.75, 3.05) is 0 Å². The number of nitro groups is 1. The first-order chi connectivity index (χ1) is 11.5. The highest BCUT2D eigenvalue weighted by Gasteiger charge is 2.12. The van der Waals surface area contributed by atoms with Crippen molar-refractivity contribution in [2.24, 2.45) is 0 Å². The second-order valence-electron chi connectivity index (χ2n) is 5.36. The van der Waals surface area contributed by atoms with Crippen LogP contribution >= 0.6 is 0 Å². The van der Waals surface area contributed by atoms with Crippen molar-refractivity contribution in [1.82, 2.24) is 10.2 Å². The number of rotatable bonds is 5. The van der Waals surface area contributed by atoms with E-state index in [1.807, 2.05) is 32.0 Å². The Hall–Kier alpha value is -3.22. The lowest BCUT2D eigenvalue weighted by Crippen LogP contribution is -1.97. The Kier molecular flexibility index (Phi) is 4.24. The van der Waals surface area contributed by atoms with Gasteiger partial charge < -0.3 is 9.15 Å². The maximum Gasteiger partial charge on any atom is 0.269 e. The van der Waals surface area contributed by atoms with Gasteiger partial charge in [-0.1, -0.05) is 17.7 Å². The van der Waals surface area contributed by atoms with Gasteiger partial charge in [0.15, 0.2) is 6.61 Å². The molecule has 1 heterocycles. The second-order valence-corrected chi connectivity index (χ2v) is 5.36. The molecular weight excluding hydrogens is 310 g/mol. The van der Waals surface area contributed by atoms with Crippen molar-refractivity contribution in [3.8, 4) is 17.2 Å². The minimum absolute atomic E-state index is 0.0108. The largest absolute Gasteiger partial charge is 0.484 e. The van der Waals surface area contributed by atoms with Crippen LogP contribution in [0, 0.1) is 24.0 Å². The van der Waals surface area contributed by atoms with Gasteiger partial charge in [-0.15, -0.1) is 10.2 Å². The Labute approximate surface area is 138 Å². The third-order valence-corrected chi connectivity index (χ3v) is 3.47. The highest BCUT2D eigenvalue weighted by atomic mass is 16.6. The number of aromatic nitrogens is 2. The summed E-state index contributed by atoms with van der Waals surface area (Å²) in [7, 11) is 0. The minimum atomic E-state index is -0.458. The van der Waals surface area contributed by atoms with Crippen molar-refractivity contribution in [3.63, 3.8) is 0 Å². The van der Waals surface area contributed by atoms with Gasteiger partial charge in [0, 0.05) is 17.7 Å². The minimum Gasteiger partial charge on any atom is -0.484 e. The molecule has 3 rings (SSSR count). The van der Waals surface area contributed by atoms with Gasteiger partial charge in [0.05, 0.1) is 4.92 Å². The van der Waals surface area contributed by atoms with Crippen molar-refractivity contribution in [1.29, 1.82) is 0 Å². The normalized spacial score (nSPS) is 10.6. The van der Waals surface area contributed by atoms with E-state index < -0.39 is 4.92 Å². The SMILES string of the molecule is Cc1ccc(OCc2nnc(-c3ccc([N+](=O)[O-])cc3)o2)c(C)c1. The molecule has 0 spiro atoms. The molecule has 0 radical (unpaired) electrons. The summed E-state index contributed by atoms with van der Waals surface area (Å²) in [4.78, 5) is 10.2. The Balaban J connectivity index is 1.70. The molecule has 3 aromatic rings. The molecule has 0 saturated carbocycles. The highest BCUT2D eigenvalue weighted by Crippen LogP contribution is 2.23. The zero-order valence-corrected chi connectivity index (χ0v) is 13.2. The molecular formula is C17H15N3O4. The summed E-state index contributed by atoms with van der Waals surface area (Å²) in [6, 6.07) is 11.8. The third-order valence-electron chi connectivity index (χ3n) is 3.47. The number of benzene rings is 2. The van der Waals surface area contributed by atoms with E-state index >= 15 is 0 Å². The van der Waals surface area contributed by atoms with Gasteiger partial charge in [-0.2, -0.15) is 0 Å². The molecule has 7 nitrogen and oxygen atoms in total. The Bertz CT molecular complexity index is 872. The number of nitro benzene ring substituents is 1. The van der Waals surface area contributed by atoms with Crippen LogP contribution in [0.5, 0.6) is 5.75 Å². The van der Waals surface area contributed by atoms with E-state index in [0.717, 1.165) is 16.9 Å². The molecule has 0 aliphatic heterocycles. The van der Waals surface area contributed by atoms with Crippen LogP contribution < -0.4 is 4.74 Å². The van der Waals surface area contributed by atoms with Crippen molar-refractivity contribution < 1.29 is 14.1 Å². The molecule has 0 saturated heterocycles. The van der Waals surface area contributed by atoms with Gasteiger partial charge >= 0.3 is 0 Å². The number of non-ortho nitro benzene ring substituents is 1. The van der Waals surface area contributed by atoms with Gasteiger partial charge in [0.2, 0.25) is 5.89 Å². The maximum absolute atomic E-state index is 10.7. The second kappa shape index (κ2) is 6.49. The maximum atomic E-state index is 10.7. The van der Waals surface area contributed by atoms with E-state index in [2.05, 4.69) is 10.2 Å². The van der Waals surface area contributed by atoms with Crippen molar-refractivity contribution in [3.05, 3.63) is 69.6 Å². The third kappa shape index (κ3) is 3.40. The number of aryl methyl sites for hydroxylation is 2. The molecule has 0 amide bonds. The predicted molar refractivity (Wildman–Crippen MR) is 86.6 cm³/mol. The zero-order chi connectivity index (χ0) is 17.1. The number of hydrogen-bond acceptors (Lipinski definition) is 6. The lowest BCUT2D eigenvalue weighted by atomic mass is 10.1. The molecule has 0 aliphatic carbocycles. The van der Waals surface area contributed by atoms with Crippen LogP contribution in [0.4, 0.5) is 5.69 Å². The van der Waals surface area contributed by atoms with E-state index in [-0.39, 0.29) is 12.3 Å². The zero-order valence-electron chi connectivity index (χ0n) is 13.2. The monoisotopic (exact) mass is 325 g/mol. The molecule has 122 valence electrons. The van der Waals surface area contributed by atoms with Crippen molar-refractivity contribution in [2.45, 2.75) is 20.5 Å². The van der Waals surface area contributed by atoms with E-state index in [0.29, 0.717) is 17.3 Å². The molecule has 0 unspecified atom stereocenters. The lowest BCUT2D eigenvalue weighted by Gasteiger charge is -2.07. The molecule has 0 atom stereocenters. The fraction of sp³-hybridized carbons (Fsp3) is 0.176. The van der Waals surface area contributed by atoms with Gasteiger partial charge in [-0.3, -0.25) is 10.1 Å². The summed E-state index contributed by atoms with van der Waals surface area (Å²) >= 11 is 0. The fourth-order valence-corrected chi connectivity index (χ4v) is 2.26. The van der Waals surface area contributed by atoms with Crippen LogP contribution in [-0.4, -0.2) is 15.1 Å². The van der Waals surface area contributed by atoms with Gasteiger partial charge in [0.25, 0.3) is 11.6 Å². The Morgan fingerprint density at radius 3 is 2.54 bits per heavy atom. The summed E-state index contributed by atoms with van der Waals surface area (Å²) in [5.41, 5.74) is 2.82. The van der Waals surface area contributed by atoms with Crippen LogP contribution in [-0.2, 0) is 6.61 Å². The number of ether oxygens (including phenoxy) is 1. The quantitative estimate of drug-likeness (QED) is 0.523. The molecule has 7 heteroatoms. The van der Waals surface area contributed by atoms with E-state index in [1.54, 1.807) is 12.1 Å². The molecule has 24 heavy (non-hydrogen) atoms. The first-order valence-electron chi connectivity index (χ1n) is 7.30. The Morgan fingerprint density at radius 2 is 1.88 bits per heavy atom. The number of nitrogens with zero attached hydrogens (tertiary/aromatic N) is 3. The summed E-state index contributed by atoms with van der Waals surface area (Å²) < 4.78 is 11.2. The number of hydrogen-bond donors (Lipinski definition) is 0. The molecule has 0 bridgehead atoms. The molecule has 0 aliphatic rings. The standard InChI is InChI=1S/C17H15N3O4/c1-11-3-8-15(12(2)9-11)23-10-16-18-19-17(24-16)13-4-6-14(7-5-13)20(21)22/h3-9H,10H2,1-2H3. The van der Waals surface area contributed by atoms with E-state index in [1.165, 1.54) is 12.1 Å². The summed E-state index contributed by atoms with van der Waals surface area (Å²) in [5, 5.41) is 18.5. The Morgan fingerprint density at radius 1 is 1.12 bits per heavy atom. The predicted octanol–water partition coefficient (Wildman–Crippen LogP) is 3.84. The van der Waals surface area contributed by atoms with Crippen LogP contribution in [0.15, 0.2) is 46.9 Å². The topological polar surface area (TPSA) is 91.3 Å². The van der Waals surface area contributed by atoms with Gasteiger partial charge in [0.1, 0.15) is 5.75 Å². The first-order valence-corrected chi connectivity index (χ1v) is 7.30. The molecule has 2 aromatic carbocycles. The van der Waals surface area contributed by atoms with Gasteiger partial charge in [-0.25, -0.2) is 0 Å². The summed E-state index contributed by atoms with van der Waals surface area (Å²) in [6.07, 6.45) is 0. The summed E-state index contributed by atoms with van der Waals surface area (Å²) in [6.45, 7) is 4.15. The summed E-state index contributed by atoms with van der Waals surface area (Å²) in [5.74, 6) is 1.39. The van der Waals surface area contributed by atoms with E-state index in [9.17, 15) is 10.1 Å². The smallest absolute Gasteiger partial charge is 0.269 e. The van der Waals surface area contributed by atoms with Crippen LogP contribution in [0.3, 0.4) is 0 Å². The average Bonchev–Trinajstić information content (AvgIpc) is 3.03. The fourth-order valence-electron chi connectivity index (χ4n) is 2.26. The lowest BCUT2D eigenvalue weighted by molar-refractivity contribution is -0.384.